The summed E-state index contributed by atoms with van der Waals surface area (Å²) in [5.74, 6) is -1.62. The third-order valence-corrected chi connectivity index (χ3v) is 8.96. The predicted octanol–water partition coefficient (Wildman–Crippen LogP) is 6.19. The quantitative estimate of drug-likeness (QED) is 0.214. The molecule has 0 aliphatic heterocycles. The number of anilines is 1. The van der Waals surface area contributed by atoms with Gasteiger partial charge in [0.2, 0.25) is 11.8 Å². The molecule has 9 heteroatoms. The zero-order valence-electron chi connectivity index (χ0n) is 26.3. The third kappa shape index (κ3) is 8.79. The summed E-state index contributed by atoms with van der Waals surface area (Å²) < 4.78 is 44.4. The number of nitrogens with one attached hydrogen (secondary N) is 1. The molecule has 0 radical (unpaired) electrons. The molecule has 0 spiro atoms. The second-order valence-electron chi connectivity index (χ2n) is 12.2. The van der Waals surface area contributed by atoms with E-state index < -0.39 is 45.8 Å². The number of carbonyl (C=O) groups is 2. The van der Waals surface area contributed by atoms with Crippen LogP contribution in [0.3, 0.4) is 0 Å². The van der Waals surface area contributed by atoms with Crippen LogP contribution in [0, 0.1) is 19.7 Å². The summed E-state index contributed by atoms with van der Waals surface area (Å²) in [4.78, 5) is 29.7. The summed E-state index contributed by atoms with van der Waals surface area (Å²) in [6.45, 7) is 8.35. The van der Waals surface area contributed by atoms with Crippen molar-refractivity contribution >= 4 is 27.5 Å². The fraction of sp³-hybridized carbons (Fsp3) is 0.278. The van der Waals surface area contributed by atoms with Crippen LogP contribution in [-0.2, 0) is 32.6 Å². The van der Waals surface area contributed by atoms with Gasteiger partial charge in [0.1, 0.15) is 18.4 Å². The van der Waals surface area contributed by atoms with E-state index in [4.69, 9.17) is 0 Å². The van der Waals surface area contributed by atoms with E-state index in [1.165, 1.54) is 23.1 Å². The molecule has 236 valence electrons. The highest BCUT2D eigenvalue weighted by Gasteiger charge is 2.36. The molecule has 4 rings (SSSR count). The summed E-state index contributed by atoms with van der Waals surface area (Å²) in [6.07, 6.45) is 0.137. The van der Waals surface area contributed by atoms with Gasteiger partial charge in [-0.1, -0.05) is 72.8 Å². The number of hydrogen-bond acceptors (Lipinski definition) is 4. The van der Waals surface area contributed by atoms with Gasteiger partial charge >= 0.3 is 0 Å². The van der Waals surface area contributed by atoms with Gasteiger partial charge in [-0.2, -0.15) is 0 Å². The van der Waals surface area contributed by atoms with E-state index in [9.17, 15) is 18.0 Å². The van der Waals surface area contributed by atoms with E-state index in [-0.39, 0.29) is 23.4 Å². The fourth-order valence-corrected chi connectivity index (χ4v) is 6.58. The summed E-state index contributed by atoms with van der Waals surface area (Å²) in [7, 11) is -4.22. The van der Waals surface area contributed by atoms with Crippen molar-refractivity contribution in [1.29, 1.82) is 0 Å². The van der Waals surface area contributed by atoms with E-state index in [1.54, 1.807) is 48.5 Å². The average molecular weight is 630 g/mol. The molecule has 0 bridgehead atoms. The Kier molecular flexibility index (Phi) is 10.4. The lowest BCUT2D eigenvalue weighted by Gasteiger charge is -2.35. The first-order chi connectivity index (χ1) is 21.2. The highest BCUT2D eigenvalue weighted by atomic mass is 32.2. The van der Waals surface area contributed by atoms with Gasteiger partial charge in [0, 0.05) is 24.1 Å². The number of hydrogen-bond donors (Lipinski definition) is 1. The molecule has 0 fully saturated rings. The lowest BCUT2D eigenvalue weighted by Crippen LogP contribution is -2.56. The van der Waals surface area contributed by atoms with E-state index in [2.05, 4.69) is 5.32 Å². The van der Waals surface area contributed by atoms with E-state index in [0.29, 0.717) is 5.69 Å². The molecule has 0 unspecified atom stereocenters. The van der Waals surface area contributed by atoms with E-state index >= 15 is 4.39 Å². The van der Waals surface area contributed by atoms with Crippen LogP contribution in [0.15, 0.2) is 108 Å². The van der Waals surface area contributed by atoms with Crippen LogP contribution in [0.4, 0.5) is 10.1 Å². The molecule has 0 aromatic heterocycles. The Morgan fingerprint density at radius 2 is 1.38 bits per heavy atom. The number of amides is 2. The molecule has 1 N–H and O–H groups in total. The van der Waals surface area contributed by atoms with Crippen molar-refractivity contribution in [3.63, 3.8) is 0 Å². The molecule has 0 heterocycles. The van der Waals surface area contributed by atoms with Crippen molar-refractivity contribution < 1.29 is 22.4 Å². The van der Waals surface area contributed by atoms with Crippen LogP contribution in [0.25, 0.3) is 0 Å². The Morgan fingerprint density at radius 1 is 0.822 bits per heavy atom. The minimum atomic E-state index is -4.22. The molecular weight excluding hydrogens is 589 g/mol. The molecule has 0 aliphatic rings. The predicted molar refractivity (Wildman–Crippen MR) is 176 cm³/mol. The van der Waals surface area contributed by atoms with Crippen LogP contribution in [-0.4, -0.2) is 43.3 Å². The van der Waals surface area contributed by atoms with Crippen LogP contribution >= 0.6 is 0 Å². The number of sulfonamides is 1. The molecule has 1 atom stereocenters. The summed E-state index contributed by atoms with van der Waals surface area (Å²) >= 11 is 0. The Hall–Kier alpha value is -4.50. The van der Waals surface area contributed by atoms with E-state index in [0.717, 1.165) is 21.0 Å². The van der Waals surface area contributed by atoms with Crippen molar-refractivity contribution in [2.24, 2.45) is 0 Å². The van der Waals surface area contributed by atoms with Gasteiger partial charge in [0.15, 0.2) is 0 Å². The van der Waals surface area contributed by atoms with Crippen LogP contribution < -0.4 is 9.62 Å². The highest BCUT2D eigenvalue weighted by Crippen LogP contribution is 2.27. The maximum absolute atomic E-state index is 15.1. The molecular formula is C36H40FN3O4S. The van der Waals surface area contributed by atoms with Gasteiger partial charge < -0.3 is 10.2 Å². The van der Waals surface area contributed by atoms with Gasteiger partial charge in [-0.15, -0.1) is 0 Å². The van der Waals surface area contributed by atoms with Gasteiger partial charge in [0.05, 0.1) is 10.6 Å². The first kappa shape index (κ1) is 33.4. The average Bonchev–Trinajstić information content (AvgIpc) is 2.98. The first-order valence-corrected chi connectivity index (χ1v) is 16.2. The monoisotopic (exact) mass is 629 g/mol. The second-order valence-corrected chi connectivity index (χ2v) is 14.1. The Balaban J connectivity index is 1.84. The Morgan fingerprint density at radius 3 is 1.96 bits per heavy atom. The molecule has 7 nitrogen and oxygen atoms in total. The lowest BCUT2D eigenvalue weighted by atomic mass is 10.0. The van der Waals surface area contributed by atoms with Crippen molar-refractivity contribution in [3.8, 4) is 0 Å². The molecule has 4 aromatic rings. The summed E-state index contributed by atoms with van der Waals surface area (Å²) in [5.41, 5.74) is 2.33. The fourth-order valence-electron chi connectivity index (χ4n) is 5.16. The molecule has 0 saturated carbocycles. The second kappa shape index (κ2) is 14.1. The maximum atomic E-state index is 15.1. The topological polar surface area (TPSA) is 86.8 Å². The van der Waals surface area contributed by atoms with Gasteiger partial charge in [-0.3, -0.25) is 13.9 Å². The van der Waals surface area contributed by atoms with Crippen LogP contribution in [0.2, 0.25) is 0 Å². The SMILES string of the molecule is Cc1cc(C)cc(N(CC(=O)N(Cc2ccccc2F)[C@H](Cc2ccccc2)C(=O)NC(C)(C)C)S(=O)(=O)c2ccccc2)c1. The largest absolute Gasteiger partial charge is 0.350 e. The van der Waals surface area contributed by atoms with Crippen LogP contribution in [0.1, 0.15) is 43.0 Å². The van der Waals surface area contributed by atoms with Crippen molar-refractivity contribution in [2.75, 3.05) is 10.8 Å². The molecule has 0 aliphatic carbocycles. The minimum absolute atomic E-state index is 0.0175. The highest BCUT2D eigenvalue weighted by molar-refractivity contribution is 7.92. The Labute approximate surface area is 265 Å². The number of benzene rings is 4. The standard InChI is InChI=1S/C36H40FN3O4S/c1-26-20-27(2)22-30(21-26)40(45(43,44)31-17-10-7-11-18-31)25-34(41)39(24-29-16-12-13-19-32(29)37)33(35(42)38-36(3,4)5)23-28-14-8-6-9-15-28/h6-22,33H,23-25H2,1-5H3,(H,38,42)/t33-/m1/s1. The Bertz CT molecular complexity index is 1720. The maximum Gasteiger partial charge on any atom is 0.264 e. The third-order valence-electron chi connectivity index (χ3n) is 7.17. The number of aryl methyl sites for hydroxylation is 2. The molecule has 45 heavy (non-hydrogen) atoms. The number of nitrogens with zero attached hydrogens (tertiary/aromatic N) is 2. The minimum Gasteiger partial charge on any atom is -0.350 e. The smallest absolute Gasteiger partial charge is 0.264 e. The molecule has 2 amide bonds. The zero-order valence-corrected chi connectivity index (χ0v) is 27.1. The van der Waals surface area contributed by atoms with Crippen molar-refractivity contribution in [3.05, 3.63) is 131 Å². The normalized spacial score (nSPS) is 12.3. The van der Waals surface area contributed by atoms with Crippen molar-refractivity contribution in [1.82, 2.24) is 10.2 Å². The first-order valence-electron chi connectivity index (χ1n) is 14.8. The van der Waals surface area contributed by atoms with Crippen LogP contribution in [0.5, 0.6) is 0 Å². The lowest BCUT2D eigenvalue weighted by molar-refractivity contribution is -0.140. The molecule has 0 saturated heterocycles. The molecule has 4 aromatic carbocycles. The van der Waals surface area contributed by atoms with E-state index in [1.807, 2.05) is 71.0 Å². The zero-order chi connectivity index (χ0) is 32.8. The number of rotatable bonds is 11. The van der Waals surface area contributed by atoms with Crippen molar-refractivity contribution in [2.45, 2.75) is 64.1 Å². The van der Waals surface area contributed by atoms with Gasteiger partial charge in [0.25, 0.3) is 10.0 Å². The number of carbonyl (C=O) groups excluding carboxylic acids is 2. The van der Waals surface area contributed by atoms with Gasteiger partial charge in [-0.05, 0) is 81.6 Å². The summed E-state index contributed by atoms with van der Waals surface area (Å²) in [6, 6.07) is 27.4. The van der Waals surface area contributed by atoms with Gasteiger partial charge in [-0.25, -0.2) is 12.8 Å². The summed E-state index contributed by atoms with van der Waals surface area (Å²) in [5, 5.41) is 2.97. The number of halogens is 1.